The van der Waals surface area contributed by atoms with Crippen LogP contribution < -0.4 is 0 Å². The van der Waals surface area contributed by atoms with Crippen molar-refractivity contribution in [2.75, 3.05) is 6.16 Å². The lowest BCUT2D eigenvalue weighted by Gasteiger charge is -1.82. The summed E-state index contributed by atoms with van der Waals surface area (Å²) in [5, 5.41) is 0. The van der Waals surface area contributed by atoms with Gasteiger partial charge in [0.25, 0.3) is 0 Å². The van der Waals surface area contributed by atoms with Crippen molar-refractivity contribution < 1.29 is 0 Å². The first kappa shape index (κ1) is 11.6. The van der Waals surface area contributed by atoms with E-state index in [1.807, 2.05) is 18.2 Å². The van der Waals surface area contributed by atoms with Crippen LogP contribution in [-0.4, -0.2) is 6.16 Å². The summed E-state index contributed by atoms with van der Waals surface area (Å²) < 4.78 is 0. The molecule has 0 aliphatic carbocycles. The quantitative estimate of drug-likeness (QED) is 0.612. The molecular formula is C11H19P. The minimum Gasteiger partial charge on any atom is -0.138 e. The van der Waals surface area contributed by atoms with Crippen molar-refractivity contribution >= 4 is 9.24 Å². The van der Waals surface area contributed by atoms with Gasteiger partial charge in [0.1, 0.15) is 0 Å². The highest BCUT2D eigenvalue weighted by atomic mass is 31.0. The Morgan fingerprint density at radius 1 is 1.17 bits per heavy atom. The van der Waals surface area contributed by atoms with Crippen molar-refractivity contribution in [3.8, 4) is 0 Å². The summed E-state index contributed by atoms with van der Waals surface area (Å²) in [5.74, 6) is 0. The molecule has 1 aromatic rings. The van der Waals surface area contributed by atoms with Gasteiger partial charge in [0.15, 0.2) is 0 Å². The molecule has 0 amide bonds. The molecule has 0 spiro atoms. The van der Waals surface area contributed by atoms with Crippen LogP contribution in [0.3, 0.4) is 0 Å². The first-order valence-corrected chi connectivity index (χ1v) is 5.34. The number of aryl methyl sites for hydroxylation is 1. The van der Waals surface area contributed by atoms with Crippen molar-refractivity contribution in [3.05, 3.63) is 35.9 Å². The fourth-order valence-electron chi connectivity index (χ4n) is 0.739. The molecule has 68 valence electrons. The van der Waals surface area contributed by atoms with Crippen LogP contribution in [0, 0.1) is 6.92 Å². The zero-order valence-electron chi connectivity index (χ0n) is 8.09. The highest BCUT2D eigenvalue weighted by molar-refractivity contribution is 7.16. The molecule has 0 aromatic heterocycles. The minimum absolute atomic E-state index is 1.26. The maximum absolute atomic E-state index is 2.70. The van der Waals surface area contributed by atoms with Crippen LogP contribution >= 0.6 is 9.24 Å². The van der Waals surface area contributed by atoms with E-state index in [1.165, 1.54) is 24.6 Å². The lowest BCUT2D eigenvalue weighted by Crippen LogP contribution is -1.64. The monoisotopic (exact) mass is 182 g/mol. The van der Waals surface area contributed by atoms with Crippen molar-refractivity contribution in [3.63, 3.8) is 0 Å². The second-order valence-corrected chi connectivity index (χ2v) is 3.37. The van der Waals surface area contributed by atoms with Gasteiger partial charge in [0.05, 0.1) is 0 Å². The minimum atomic E-state index is 1.26. The molecule has 0 bridgehead atoms. The molecule has 1 unspecified atom stereocenters. The first-order chi connectivity index (χ1) is 5.81. The van der Waals surface area contributed by atoms with Gasteiger partial charge < -0.3 is 0 Å². The van der Waals surface area contributed by atoms with Gasteiger partial charge in [0.2, 0.25) is 0 Å². The summed E-state index contributed by atoms with van der Waals surface area (Å²) in [5.41, 5.74) is 1.32. The lowest BCUT2D eigenvalue weighted by molar-refractivity contribution is 0.897. The second-order valence-electron chi connectivity index (χ2n) is 2.80. The summed E-state index contributed by atoms with van der Waals surface area (Å²) in [4.78, 5) is 0. The molecule has 0 radical (unpaired) electrons. The molecule has 1 atom stereocenters. The third-order valence-corrected chi connectivity index (χ3v) is 1.91. The lowest BCUT2D eigenvalue weighted by atomic mass is 10.2. The largest absolute Gasteiger partial charge is 0.138 e. The molecule has 0 aliphatic heterocycles. The number of hydrogen-bond donors (Lipinski definition) is 0. The summed E-state index contributed by atoms with van der Waals surface area (Å²) in [6, 6.07) is 10.3. The Morgan fingerprint density at radius 3 is 1.92 bits per heavy atom. The number of benzene rings is 1. The van der Waals surface area contributed by atoms with E-state index in [2.05, 4.69) is 35.2 Å². The maximum atomic E-state index is 2.70. The zero-order chi connectivity index (χ0) is 9.23. The number of hydrogen-bond acceptors (Lipinski definition) is 0. The van der Waals surface area contributed by atoms with Gasteiger partial charge in [-0.3, -0.25) is 0 Å². The highest BCUT2D eigenvalue weighted by Gasteiger charge is 1.72. The molecule has 0 fully saturated rings. The topological polar surface area (TPSA) is 0 Å². The van der Waals surface area contributed by atoms with Crippen LogP contribution in [0.1, 0.15) is 25.3 Å². The fraction of sp³-hybridized carbons (Fsp3) is 0.455. The van der Waals surface area contributed by atoms with E-state index in [0.29, 0.717) is 0 Å². The van der Waals surface area contributed by atoms with Gasteiger partial charge in [-0.25, -0.2) is 0 Å². The molecule has 12 heavy (non-hydrogen) atoms. The van der Waals surface area contributed by atoms with Crippen LogP contribution in [0.25, 0.3) is 0 Å². The van der Waals surface area contributed by atoms with Crippen LogP contribution in [0.5, 0.6) is 0 Å². The Kier molecular flexibility index (Phi) is 8.49. The third-order valence-electron chi connectivity index (χ3n) is 1.50. The Bertz CT molecular complexity index is 168. The van der Waals surface area contributed by atoms with E-state index in [1.54, 1.807) is 0 Å². The summed E-state index contributed by atoms with van der Waals surface area (Å²) >= 11 is 0. The average Bonchev–Trinajstić information content (AvgIpc) is 2.08. The van der Waals surface area contributed by atoms with Crippen LogP contribution in [0.4, 0.5) is 0 Å². The van der Waals surface area contributed by atoms with Gasteiger partial charge in [-0.15, -0.1) is 9.24 Å². The normalized spacial score (nSPS) is 8.58. The molecule has 1 rings (SSSR count). The van der Waals surface area contributed by atoms with E-state index >= 15 is 0 Å². The predicted molar refractivity (Wildman–Crippen MR) is 60.7 cm³/mol. The summed E-state index contributed by atoms with van der Waals surface area (Å²) in [7, 11) is 2.70. The first-order valence-electron chi connectivity index (χ1n) is 4.53. The third kappa shape index (κ3) is 7.75. The molecule has 0 saturated carbocycles. The van der Waals surface area contributed by atoms with Gasteiger partial charge in [-0.1, -0.05) is 55.7 Å². The zero-order valence-corrected chi connectivity index (χ0v) is 9.24. The highest BCUT2D eigenvalue weighted by Crippen LogP contribution is 1.92. The van der Waals surface area contributed by atoms with E-state index in [0.717, 1.165) is 0 Å². The van der Waals surface area contributed by atoms with Crippen molar-refractivity contribution in [2.45, 2.75) is 26.7 Å². The van der Waals surface area contributed by atoms with Crippen molar-refractivity contribution in [1.29, 1.82) is 0 Å². The molecule has 1 heteroatoms. The Hall–Kier alpha value is -0.350. The van der Waals surface area contributed by atoms with Gasteiger partial charge in [0, 0.05) is 0 Å². The second kappa shape index (κ2) is 8.74. The van der Waals surface area contributed by atoms with Crippen LogP contribution in [0.15, 0.2) is 30.3 Å². The summed E-state index contributed by atoms with van der Waals surface area (Å²) in [6.45, 7) is 4.28. The fourth-order valence-corrected chi connectivity index (χ4v) is 1.15. The molecule has 0 nitrogen and oxygen atoms in total. The Balaban J connectivity index is 0.000000217. The maximum Gasteiger partial charge on any atom is -0.0381 e. The van der Waals surface area contributed by atoms with Crippen LogP contribution in [0.2, 0.25) is 0 Å². The molecule has 0 heterocycles. The van der Waals surface area contributed by atoms with E-state index in [4.69, 9.17) is 0 Å². The number of unbranched alkanes of at least 4 members (excludes halogenated alkanes) is 1. The molecule has 0 aliphatic rings. The molecule has 0 saturated heterocycles. The van der Waals surface area contributed by atoms with E-state index in [-0.39, 0.29) is 0 Å². The smallest absolute Gasteiger partial charge is 0.0381 e. The van der Waals surface area contributed by atoms with E-state index in [9.17, 15) is 0 Å². The van der Waals surface area contributed by atoms with Crippen LogP contribution in [-0.2, 0) is 0 Å². The van der Waals surface area contributed by atoms with Gasteiger partial charge >= 0.3 is 0 Å². The predicted octanol–water partition coefficient (Wildman–Crippen LogP) is 3.66. The molecular weight excluding hydrogens is 163 g/mol. The van der Waals surface area contributed by atoms with Gasteiger partial charge in [-0.05, 0) is 13.1 Å². The SMILES string of the molecule is CCCCP.Cc1ccccc1. The van der Waals surface area contributed by atoms with Gasteiger partial charge in [-0.2, -0.15) is 0 Å². The molecule has 0 N–H and O–H groups in total. The average molecular weight is 182 g/mol. The summed E-state index contributed by atoms with van der Waals surface area (Å²) in [6.07, 6.45) is 3.94. The Morgan fingerprint density at radius 2 is 1.75 bits per heavy atom. The number of rotatable bonds is 2. The molecule has 1 aromatic carbocycles. The van der Waals surface area contributed by atoms with Crippen molar-refractivity contribution in [2.24, 2.45) is 0 Å². The van der Waals surface area contributed by atoms with E-state index < -0.39 is 0 Å². The standard InChI is InChI=1S/C7H8.C4H11P/c1-7-5-3-2-4-6-7;1-2-3-4-5/h2-6H,1H3;2-5H2,1H3. The Labute approximate surface area is 78.6 Å². The van der Waals surface area contributed by atoms with Crippen molar-refractivity contribution in [1.82, 2.24) is 0 Å².